The number of alkyl halides is 4. The van der Waals surface area contributed by atoms with Gasteiger partial charge in [0, 0.05) is 24.8 Å². The minimum absolute atomic E-state index is 0. The average molecular weight is 414 g/mol. The first-order chi connectivity index (χ1) is 12.3. The van der Waals surface area contributed by atoms with Gasteiger partial charge >= 0.3 is 12.3 Å². The van der Waals surface area contributed by atoms with E-state index in [1.165, 1.54) is 18.6 Å². The van der Waals surface area contributed by atoms with Crippen LogP contribution in [0.5, 0.6) is 5.88 Å². The summed E-state index contributed by atoms with van der Waals surface area (Å²) in [5.74, 6) is -4.55. The van der Waals surface area contributed by atoms with Crippen LogP contribution in [0.1, 0.15) is 42.5 Å². The number of carbonyl (C=O) groups is 1. The normalized spacial score (nSPS) is 16.5. The number of nitrogens with one attached hydrogen (secondary N) is 1. The molecule has 1 aliphatic carbocycles. The monoisotopic (exact) mass is 413 g/mol. The Hall–Kier alpha value is -1.61. The number of hydrogen-bond acceptors (Lipinski definition) is 4. The average Bonchev–Trinajstić information content (AvgIpc) is 2.65. The van der Waals surface area contributed by atoms with Gasteiger partial charge in [-0.05, 0) is 24.8 Å². The van der Waals surface area contributed by atoms with Crippen LogP contribution in [0.15, 0.2) is 18.3 Å². The Morgan fingerprint density at radius 2 is 1.96 bits per heavy atom. The zero-order valence-corrected chi connectivity index (χ0v) is 15.5. The molecule has 10 heteroatoms. The summed E-state index contributed by atoms with van der Waals surface area (Å²) in [7, 11) is 0. The number of aromatic nitrogens is 1. The van der Waals surface area contributed by atoms with Gasteiger partial charge in [0.1, 0.15) is 0 Å². The highest BCUT2D eigenvalue weighted by molar-refractivity contribution is 5.94. The Morgan fingerprint density at radius 1 is 1.30 bits per heavy atom. The molecule has 154 valence electrons. The Bertz CT molecular complexity index is 584. The highest BCUT2D eigenvalue weighted by Crippen LogP contribution is 2.26. The van der Waals surface area contributed by atoms with E-state index in [0.717, 1.165) is 31.9 Å². The number of nitrogens with two attached hydrogens (primary N) is 1. The molecule has 1 aliphatic rings. The number of pyridine rings is 1. The van der Waals surface area contributed by atoms with E-state index in [9.17, 15) is 22.4 Å². The third-order valence-electron chi connectivity index (χ3n) is 4.52. The van der Waals surface area contributed by atoms with Crippen molar-refractivity contribution in [2.75, 3.05) is 13.2 Å². The van der Waals surface area contributed by atoms with Gasteiger partial charge in [0.25, 0.3) is 5.91 Å². The Kier molecular flexibility index (Phi) is 9.25. The maximum Gasteiger partial charge on any atom is 0.340 e. The Morgan fingerprint density at radius 3 is 2.48 bits per heavy atom. The molecule has 0 bridgehead atoms. The van der Waals surface area contributed by atoms with Gasteiger partial charge in [-0.1, -0.05) is 19.3 Å². The molecule has 1 heterocycles. The van der Waals surface area contributed by atoms with Gasteiger partial charge in [-0.3, -0.25) is 4.79 Å². The van der Waals surface area contributed by atoms with Gasteiger partial charge in [-0.2, -0.15) is 8.78 Å². The first kappa shape index (κ1) is 23.4. The summed E-state index contributed by atoms with van der Waals surface area (Å²) >= 11 is 0. The zero-order chi connectivity index (χ0) is 19.2. The molecule has 0 radical (unpaired) electrons. The number of amides is 1. The number of rotatable bonds is 8. The summed E-state index contributed by atoms with van der Waals surface area (Å²) in [5.41, 5.74) is 5.99. The van der Waals surface area contributed by atoms with E-state index in [1.807, 2.05) is 0 Å². The standard InChI is InChI=1S/C17H23F4N3O2.ClH/c18-16(19)17(20,21)10-26-14-7-6-12(9-23-14)15(25)24-13(8-22)11-4-2-1-3-5-11;/h6-7,9,11,13,16H,1-5,8,10,22H2,(H,24,25);1H. The minimum atomic E-state index is -4.26. The summed E-state index contributed by atoms with van der Waals surface area (Å²) in [6, 6.07) is 2.39. The topological polar surface area (TPSA) is 77.2 Å². The second-order valence-electron chi connectivity index (χ2n) is 6.45. The molecule has 3 N–H and O–H groups in total. The van der Waals surface area contributed by atoms with Crippen LogP contribution < -0.4 is 15.8 Å². The van der Waals surface area contributed by atoms with Gasteiger partial charge in [-0.15, -0.1) is 12.4 Å². The van der Waals surface area contributed by atoms with Gasteiger partial charge in [0.05, 0.1) is 5.56 Å². The van der Waals surface area contributed by atoms with Crippen molar-refractivity contribution in [1.82, 2.24) is 10.3 Å². The molecular weight excluding hydrogens is 390 g/mol. The predicted molar refractivity (Wildman–Crippen MR) is 94.8 cm³/mol. The van der Waals surface area contributed by atoms with Crippen LogP contribution >= 0.6 is 12.4 Å². The molecule has 1 aromatic heterocycles. The van der Waals surface area contributed by atoms with Gasteiger partial charge in [0.2, 0.25) is 5.88 Å². The molecule has 27 heavy (non-hydrogen) atoms. The summed E-state index contributed by atoms with van der Waals surface area (Å²) in [4.78, 5) is 16.0. The van der Waals surface area contributed by atoms with Crippen LogP contribution in [-0.4, -0.2) is 42.4 Å². The first-order valence-electron chi connectivity index (χ1n) is 8.59. The van der Waals surface area contributed by atoms with Crippen LogP contribution in [0.4, 0.5) is 17.6 Å². The number of ether oxygens (including phenoxy) is 1. The lowest BCUT2D eigenvalue weighted by molar-refractivity contribution is -0.148. The molecule has 1 atom stereocenters. The Labute approximate surface area is 161 Å². The molecule has 1 amide bonds. The zero-order valence-electron chi connectivity index (χ0n) is 14.7. The molecule has 0 aromatic carbocycles. The van der Waals surface area contributed by atoms with Crippen molar-refractivity contribution < 1.29 is 27.1 Å². The van der Waals surface area contributed by atoms with Crippen molar-refractivity contribution in [2.24, 2.45) is 11.7 Å². The number of hydrogen-bond donors (Lipinski definition) is 2. The van der Waals surface area contributed by atoms with E-state index in [1.54, 1.807) is 0 Å². The van der Waals surface area contributed by atoms with Crippen LogP contribution in [0.2, 0.25) is 0 Å². The Balaban J connectivity index is 0.00000364. The van der Waals surface area contributed by atoms with Crippen LogP contribution in [0, 0.1) is 5.92 Å². The molecule has 1 saturated carbocycles. The van der Waals surface area contributed by atoms with Crippen molar-refractivity contribution in [2.45, 2.75) is 50.5 Å². The quantitative estimate of drug-likeness (QED) is 0.640. The van der Waals surface area contributed by atoms with E-state index >= 15 is 0 Å². The fraction of sp³-hybridized carbons (Fsp3) is 0.647. The molecule has 0 spiro atoms. The highest BCUT2D eigenvalue weighted by Gasteiger charge is 2.41. The third-order valence-corrected chi connectivity index (χ3v) is 4.52. The van der Waals surface area contributed by atoms with E-state index < -0.39 is 19.0 Å². The van der Waals surface area contributed by atoms with Crippen molar-refractivity contribution in [1.29, 1.82) is 0 Å². The smallest absolute Gasteiger partial charge is 0.340 e. The van der Waals surface area contributed by atoms with E-state index in [-0.39, 0.29) is 35.8 Å². The van der Waals surface area contributed by atoms with Gasteiger partial charge < -0.3 is 15.8 Å². The van der Waals surface area contributed by atoms with E-state index in [0.29, 0.717) is 12.5 Å². The largest absolute Gasteiger partial charge is 0.471 e. The van der Waals surface area contributed by atoms with Crippen molar-refractivity contribution in [3.63, 3.8) is 0 Å². The fourth-order valence-electron chi connectivity index (χ4n) is 2.99. The maximum atomic E-state index is 12.8. The van der Waals surface area contributed by atoms with E-state index in [4.69, 9.17) is 5.73 Å². The summed E-state index contributed by atoms with van der Waals surface area (Å²) in [6.45, 7) is -1.16. The molecular formula is C17H24ClF4N3O2. The SMILES string of the molecule is Cl.NCC(NC(=O)c1ccc(OCC(F)(F)C(F)F)nc1)C1CCCCC1. The fourth-order valence-corrected chi connectivity index (χ4v) is 2.99. The molecule has 1 unspecified atom stereocenters. The molecule has 1 fully saturated rings. The maximum absolute atomic E-state index is 12.8. The number of nitrogens with zero attached hydrogens (tertiary/aromatic N) is 1. The molecule has 1 aromatic rings. The van der Waals surface area contributed by atoms with E-state index in [2.05, 4.69) is 15.0 Å². The third kappa shape index (κ3) is 6.80. The lowest BCUT2D eigenvalue weighted by atomic mass is 9.84. The van der Waals surface area contributed by atoms with Crippen LogP contribution in [-0.2, 0) is 0 Å². The summed E-state index contributed by atoms with van der Waals surface area (Å²) in [5, 5.41) is 2.88. The minimum Gasteiger partial charge on any atom is -0.471 e. The summed E-state index contributed by atoms with van der Waals surface area (Å²) in [6.07, 6.45) is 2.80. The molecule has 2 rings (SSSR count). The molecule has 5 nitrogen and oxygen atoms in total. The predicted octanol–water partition coefficient (Wildman–Crippen LogP) is 3.42. The van der Waals surface area contributed by atoms with Gasteiger partial charge in [0.15, 0.2) is 6.61 Å². The van der Waals surface area contributed by atoms with Crippen molar-refractivity contribution >= 4 is 18.3 Å². The van der Waals surface area contributed by atoms with Crippen molar-refractivity contribution in [3.8, 4) is 5.88 Å². The molecule has 0 saturated heterocycles. The second kappa shape index (κ2) is 10.7. The van der Waals surface area contributed by atoms with Crippen LogP contribution in [0.3, 0.4) is 0 Å². The molecule has 0 aliphatic heterocycles. The highest BCUT2D eigenvalue weighted by atomic mass is 35.5. The summed E-state index contributed by atoms with van der Waals surface area (Å²) < 4.78 is 54.4. The lowest BCUT2D eigenvalue weighted by Crippen LogP contribution is -2.45. The number of carbonyl (C=O) groups excluding carboxylic acids is 1. The second-order valence-corrected chi connectivity index (χ2v) is 6.45. The van der Waals surface area contributed by atoms with Crippen LogP contribution in [0.25, 0.3) is 0 Å². The first-order valence-corrected chi connectivity index (χ1v) is 8.59. The number of halogens is 5. The lowest BCUT2D eigenvalue weighted by Gasteiger charge is -2.30. The van der Waals surface area contributed by atoms with Crippen molar-refractivity contribution in [3.05, 3.63) is 23.9 Å². The van der Waals surface area contributed by atoms with Gasteiger partial charge in [-0.25, -0.2) is 13.8 Å².